The number of pyridine rings is 1. The van der Waals surface area contributed by atoms with Gasteiger partial charge < -0.3 is 10.4 Å². The molecule has 1 aromatic heterocycles. The van der Waals surface area contributed by atoms with Crippen molar-refractivity contribution in [2.45, 2.75) is 33.2 Å². The molecule has 0 fully saturated rings. The predicted octanol–water partition coefficient (Wildman–Crippen LogP) is 2.16. The van der Waals surface area contributed by atoms with Gasteiger partial charge in [-0.05, 0) is 11.5 Å². The van der Waals surface area contributed by atoms with E-state index in [1.807, 2.05) is 20.8 Å². The minimum atomic E-state index is -1.03. The summed E-state index contributed by atoms with van der Waals surface area (Å²) in [4.78, 5) is 25.2. The molecule has 0 aliphatic carbocycles. The summed E-state index contributed by atoms with van der Waals surface area (Å²) >= 11 is 0. The fourth-order valence-electron chi connectivity index (χ4n) is 1.75. The molecule has 1 rings (SSSR count). The number of carboxylic acids is 1. The summed E-state index contributed by atoms with van der Waals surface area (Å²) in [5.74, 6) is -1.12. The fraction of sp³-hybridized carbons (Fsp3) is 0.462. The van der Waals surface area contributed by atoms with Gasteiger partial charge in [0, 0.05) is 12.2 Å². The van der Waals surface area contributed by atoms with Gasteiger partial charge >= 0.3 is 11.7 Å². The number of carboxylic acid groups (broad SMARTS) is 1. The number of nitrogens with zero attached hydrogens (tertiary/aromatic N) is 3. The fourth-order valence-corrected chi connectivity index (χ4v) is 1.75. The molecule has 8 nitrogen and oxygen atoms in total. The van der Waals surface area contributed by atoms with Crippen LogP contribution in [0.2, 0.25) is 0 Å². The predicted molar refractivity (Wildman–Crippen MR) is 74.7 cm³/mol. The Morgan fingerprint density at radius 1 is 1.62 bits per heavy atom. The van der Waals surface area contributed by atoms with Crippen molar-refractivity contribution in [3.63, 3.8) is 0 Å². The van der Waals surface area contributed by atoms with Gasteiger partial charge in [-0.2, -0.15) is 5.26 Å². The van der Waals surface area contributed by atoms with Crippen LogP contribution in [0.3, 0.4) is 0 Å². The van der Waals surface area contributed by atoms with E-state index in [4.69, 9.17) is 10.4 Å². The lowest BCUT2D eigenvalue weighted by atomic mass is 9.84. The molecule has 1 heterocycles. The van der Waals surface area contributed by atoms with Crippen LogP contribution in [0, 0.1) is 26.9 Å². The number of hydrogen-bond donors (Lipinski definition) is 2. The highest BCUT2D eigenvalue weighted by Crippen LogP contribution is 2.31. The van der Waals surface area contributed by atoms with E-state index >= 15 is 0 Å². The van der Waals surface area contributed by atoms with Gasteiger partial charge in [-0.25, -0.2) is 4.98 Å². The first-order valence-corrected chi connectivity index (χ1v) is 6.18. The number of aliphatic carboxylic acids is 1. The van der Waals surface area contributed by atoms with E-state index in [1.54, 1.807) is 6.07 Å². The average molecular weight is 292 g/mol. The van der Waals surface area contributed by atoms with Crippen LogP contribution in [-0.2, 0) is 4.79 Å². The lowest BCUT2D eigenvalue weighted by molar-refractivity contribution is -0.384. The average Bonchev–Trinajstić information content (AvgIpc) is 2.35. The number of nitrogens with one attached hydrogen (secondary N) is 1. The van der Waals surface area contributed by atoms with Gasteiger partial charge in [0.25, 0.3) is 0 Å². The van der Waals surface area contributed by atoms with Gasteiger partial charge in [0.1, 0.15) is 11.6 Å². The van der Waals surface area contributed by atoms with Gasteiger partial charge in [-0.3, -0.25) is 14.9 Å². The largest absolute Gasteiger partial charge is 0.481 e. The molecule has 0 aliphatic rings. The molecule has 2 N–H and O–H groups in total. The van der Waals surface area contributed by atoms with Crippen LogP contribution in [0.5, 0.6) is 0 Å². The first-order valence-electron chi connectivity index (χ1n) is 6.18. The van der Waals surface area contributed by atoms with Crippen LogP contribution < -0.4 is 5.32 Å². The van der Waals surface area contributed by atoms with Crippen LogP contribution in [0.15, 0.2) is 12.3 Å². The van der Waals surface area contributed by atoms with Gasteiger partial charge in [-0.1, -0.05) is 20.8 Å². The van der Waals surface area contributed by atoms with Crippen molar-refractivity contribution in [3.05, 3.63) is 27.9 Å². The van der Waals surface area contributed by atoms with E-state index in [1.165, 1.54) is 12.3 Å². The highest BCUT2D eigenvalue weighted by Gasteiger charge is 2.30. The van der Waals surface area contributed by atoms with E-state index in [-0.39, 0.29) is 17.8 Å². The summed E-state index contributed by atoms with van der Waals surface area (Å²) in [6.07, 6.45) is 1.05. The smallest absolute Gasteiger partial charge is 0.328 e. The summed E-state index contributed by atoms with van der Waals surface area (Å²) in [7, 11) is 0. The van der Waals surface area contributed by atoms with E-state index in [0.717, 1.165) is 0 Å². The van der Waals surface area contributed by atoms with Gasteiger partial charge in [0.15, 0.2) is 0 Å². The first kappa shape index (κ1) is 16.4. The van der Waals surface area contributed by atoms with Crippen molar-refractivity contribution < 1.29 is 14.8 Å². The summed E-state index contributed by atoms with van der Waals surface area (Å²) in [6.45, 7) is 5.44. The number of hydrogen-bond acceptors (Lipinski definition) is 6. The minimum absolute atomic E-state index is 0.0970. The van der Waals surface area contributed by atoms with E-state index in [0.29, 0.717) is 0 Å². The molecular formula is C13H16N4O4. The van der Waals surface area contributed by atoms with Gasteiger partial charge in [0.2, 0.25) is 5.82 Å². The molecule has 0 saturated heterocycles. The molecule has 0 radical (unpaired) electrons. The molecule has 1 atom stereocenters. The number of rotatable bonds is 5. The summed E-state index contributed by atoms with van der Waals surface area (Å²) < 4.78 is 0. The highest BCUT2D eigenvalue weighted by molar-refractivity contribution is 5.70. The first-order chi connectivity index (χ1) is 9.66. The number of nitriles is 1. The second-order valence-corrected chi connectivity index (χ2v) is 5.59. The molecule has 0 bridgehead atoms. The van der Waals surface area contributed by atoms with E-state index < -0.39 is 28.0 Å². The summed E-state index contributed by atoms with van der Waals surface area (Å²) in [5, 5.41) is 31.8. The third kappa shape index (κ3) is 4.14. The van der Waals surface area contributed by atoms with Crippen molar-refractivity contribution in [3.8, 4) is 6.07 Å². The van der Waals surface area contributed by atoms with Crippen LogP contribution in [0.25, 0.3) is 0 Å². The Morgan fingerprint density at radius 2 is 2.24 bits per heavy atom. The van der Waals surface area contributed by atoms with Gasteiger partial charge in [-0.15, -0.1) is 0 Å². The molecule has 8 heteroatoms. The number of carbonyl (C=O) groups is 1. The normalized spacial score (nSPS) is 12.3. The molecule has 1 unspecified atom stereocenters. The third-order valence-corrected chi connectivity index (χ3v) is 2.96. The summed E-state index contributed by atoms with van der Waals surface area (Å²) in [5.41, 5.74) is -1.03. The Bertz CT molecular complexity index is 601. The molecule has 0 saturated carbocycles. The maximum atomic E-state index is 11.1. The second-order valence-electron chi connectivity index (χ2n) is 5.59. The van der Waals surface area contributed by atoms with Crippen LogP contribution in [-0.4, -0.2) is 27.0 Å². The molecule has 21 heavy (non-hydrogen) atoms. The van der Waals surface area contributed by atoms with Crippen LogP contribution in [0.4, 0.5) is 11.5 Å². The standard InChI is InChI=1S/C13H16N4O4/c1-13(2,3)9(6-10(18)19)16-12-11(17(20)21)8(7-14)4-5-15-12/h4-5,9H,6H2,1-3H3,(H,15,16)(H,18,19). The Morgan fingerprint density at radius 3 is 2.67 bits per heavy atom. The lowest BCUT2D eigenvalue weighted by Gasteiger charge is -2.30. The zero-order valence-electron chi connectivity index (χ0n) is 12.0. The van der Waals surface area contributed by atoms with Crippen molar-refractivity contribution >= 4 is 17.5 Å². The number of anilines is 1. The highest BCUT2D eigenvalue weighted by atomic mass is 16.6. The Hall–Kier alpha value is -2.69. The third-order valence-electron chi connectivity index (χ3n) is 2.96. The minimum Gasteiger partial charge on any atom is -0.481 e. The summed E-state index contributed by atoms with van der Waals surface area (Å²) in [6, 6.07) is 2.40. The Kier molecular flexibility index (Phi) is 4.81. The maximum absolute atomic E-state index is 11.1. The maximum Gasteiger partial charge on any atom is 0.328 e. The molecule has 0 aromatic carbocycles. The number of aromatic nitrogens is 1. The molecule has 0 amide bonds. The van der Waals surface area contributed by atoms with Crippen molar-refractivity contribution in [2.24, 2.45) is 5.41 Å². The monoisotopic (exact) mass is 292 g/mol. The Labute approximate surface area is 121 Å². The zero-order chi connectivity index (χ0) is 16.2. The number of nitro groups is 1. The molecule has 1 aromatic rings. The molecule has 112 valence electrons. The van der Waals surface area contributed by atoms with Crippen molar-refractivity contribution in [2.75, 3.05) is 5.32 Å². The zero-order valence-corrected chi connectivity index (χ0v) is 12.0. The van der Waals surface area contributed by atoms with E-state index in [9.17, 15) is 14.9 Å². The molecule has 0 spiro atoms. The van der Waals surface area contributed by atoms with Crippen LogP contribution in [0.1, 0.15) is 32.8 Å². The SMILES string of the molecule is CC(C)(C)C(CC(=O)O)Nc1nccc(C#N)c1[N+](=O)[O-]. The van der Waals surface area contributed by atoms with E-state index in [2.05, 4.69) is 10.3 Å². The Balaban J connectivity index is 3.24. The second kappa shape index (κ2) is 6.17. The van der Waals surface area contributed by atoms with Crippen molar-refractivity contribution in [1.82, 2.24) is 4.98 Å². The van der Waals surface area contributed by atoms with Crippen molar-refractivity contribution in [1.29, 1.82) is 5.26 Å². The van der Waals surface area contributed by atoms with Gasteiger partial charge in [0.05, 0.1) is 11.3 Å². The molecular weight excluding hydrogens is 276 g/mol. The lowest BCUT2D eigenvalue weighted by Crippen LogP contribution is -2.36. The molecule has 0 aliphatic heterocycles. The quantitative estimate of drug-likeness (QED) is 0.628. The van der Waals surface area contributed by atoms with Crippen LogP contribution >= 0.6 is 0 Å². The topological polar surface area (TPSA) is 129 Å².